The molecule has 2 heterocycles. The zero-order chi connectivity index (χ0) is 15.4. The number of nitriles is 1. The molecule has 114 valence electrons. The molecule has 0 radical (unpaired) electrons. The molecule has 0 aliphatic carbocycles. The average molecular weight is 297 g/mol. The van der Waals surface area contributed by atoms with Crippen LogP contribution < -0.4 is 4.90 Å². The number of piperidine rings is 1. The first kappa shape index (κ1) is 14.5. The predicted molar refractivity (Wildman–Crippen MR) is 82.9 cm³/mol. The van der Waals surface area contributed by atoms with Gasteiger partial charge in [0.05, 0.1) is 12.3 Å². The highest BCUT2D eigenvalue weighted by Crippen LogP contribution is 2.22. The summed E-state index contributed by atoms with van der Waals surface area (Å²) in [5.74, 6) is 0. The molecule has 0 bridgehead atoms. The van der Waals surface area contributed by atoms with Gasteiger partial charge in [0, 0.05) is 25.9 Å². The van der Waals surface area contributed by atoms with E-state index in [-0.39, 0.29) is 0 Å². The maximum atomic E-state index is 9.09. The quantitative estimate of drug-likeness (QED) is 0.866. The van der Waals surface area contributed by atoms with Crippen molar-refractivity contribution in [3.63, 3.8) is 0 Å². The molecular weight excluding hydrogens is 278 g/mol. The summed E-state index contributed by atoms with van der Waals surface area (Å²) in [6.07, 6.45) is 3.84. The number of ether oxygens (including phenoxy) is 1. The molecule has 6 nitrogen and oxygen atoms in total. The largest absolute Gasteiger partial charge is 0.378 e. The van der Waals surface area contributed by atoms with E-state index in [1.165, 1.54) is 24.9 Å². The van der Waals surface area contributed by atoms with Gasteiger partial charge >= 0.3 is 0 Å². The number of nitrogens with zero attached hydrogens (tertiary/aromatic N) is 5. The lowest BCUT2D eigenvalue weighted by Gasteiger charge is -2.28. The van der Waals surface area contributed by atoms with E-state index < -0.39 is 0 Å². The molecule has 1 aromatic carbocycles. The normalized spacial score (nSPS) is 14.8. The highest BCUT2D eigenvalue weighted by atomic mass is 16.5. The van der Waals surface area contributed by atoms with Crippen molar-refractivity contribution in [1.29, 1.82) is 5.26 Å². The molecule has 1 saturated heterocycles. The van der Waals surface area contributed by atoms with Crippen molar-refractivity contribution >= 4 is 5.69 Å². The Morgan fingerprint density at radius 1 is 1.14 bits per heavy atom. The van der Waals surface area contributed by atoms with E-state index in [2.05, 4.69) is 33.4 Å². The summed E-state index contributed by atoms with van der Waals surface area (Å²) >= 11 is 0. The maximum absolute atomic E-state index is 9.09. The fraction of sp³-hybridized carbons (Fsp3) is 0.438. The van der Waals surface area contributed by atoms with Gasteiger partial charge in [-0.15, -0.1) is 5.10 Å². The molecule has 0 saturated carbocycles. The van der Waals surface area contributed by atoms with E-state index in [9.17, 15) is 0 Å². The number of anilines is 1. The predicted octanol–water partition coefficient (Wildman–Crippen LogP) is 2.28. The van der Waals surface area contributed by atoms with Crippen LogP contribution in [0.15, 0.2) is 24.3 Å². The smallest absolute Gasteiger partial charge is 0.188 e. The van der Waals surface area contributed by atoms with Crippen LogP contribution in [0.25, 0.3) is 5.69 Å². The van der Waals surface area contributed by atoms with Gasteiger partial charge in [-0.3, -0.25) is 0 Å². The maximum Gasteiger partial charge on any atom is 0.188 e. The highest BCUT2D eigenvalue weighted by molar-refractivity contribution is 5.51. The van der Waals surface area contributed by atoms with Crippen molar-refractivity contribution in [1.82, 2.24) is 15.0 Å². The molecular formula is C16H19N5O. The Morgan fingerprint density at radius 3 is 2.45 bits per heavy atom. The first-order valence-corrected chi connectivity index (χ1v) is 7.52. The van der Waals surface area contributed by atoms with Crippen LogP contribution >= 0.6 is 0 Å². The van der Waals surface area contributed by atoms with E-state index >= 15 is 0 Å². The van der Waals surface area contributed by atoms with Crippen molar-refractivity contribution in [2.45, 2.75) is 25.9 Å². The minimum Gasteiger partial charge on any atom is -0.378 e. The molecule has 3 rings (SSSR count). The van der Waals surface area contributed by atoms with E-state index in [4.69, 9.17) is 10.00 Å². The summed E-state index contributed by atoms with van der Waals surface area (Å²) in [7, 11) is 1.60. The van der Waals surface area contributed by atoms with Crippen LogP contribution in [0.1, 0.15) is 30.7 Å². The minimum atomic E-state index is 0.307. The third-order valence-electron chi connectivity index (χ3n) is 3.97. The van der Waals surface area contributed by atoms with Gasteiger partial charge in [-0.1, -0.05) is 5.21 Å². The molecule has 2 aromatic rings. The second kappa shape index (κ2) is 6.58. The first-order valence-electron chi connectivity index (χ1n) is 7.52. The van der Waals surface area contributed by atoms with Crippen LogP contribution in [0.2, 0.25) is 0 Å². The lowest BCUT2D eigenvalue weighted by Crippen LogP contribution is -2.29. The standard InChI is InChI=1S/C16H19N5O/c1-22-12-16-15(11-17)18-19-21(16)14-7-5-13(6-8-14)20-9-3-2-4-10-20/h5-8H,2-4,9-10,12H2,1H3. The summed E-state index contributed by atoms with van der Waals surface area (Å²) in [5, 5.41) is 17.1. The topological polar surface area (TPSA) is 67.0 Å². The van der Waals surface area contributed by atoms with Gasteiger partial charge in [0.25, 0.3) is 0 Å². The van der Waals surface area contributed by atoms with Crippen LogP contribution in [0, 0.1) is 11.3 Å². The summed E-state index contributed by atoms with van der Waals surface area (Å²) < 4.78 is 6.82. The van der Waals surface area contributed by atoms with Crippen molar-refractivity contribution < 1.29 is 4.74 Å². The Labute approximate surface area is 129 Å². The summed E-state index contributed by atoms with van der Waals surface area (Å²) in [4.78, 5) is 2.41. The molecule has 0 N–H and O–H groups in total. The number of hydrogen-bond donors (Lipinski definition) is 0. The lowest BCUT2D eigenvalue weighted by atomic mass is 10.1. The van der Waals surface area contributed by atoms with Crippen LogP contribution in [-0.4, -0.2) is 35.2 Å². The fourth-order valence-corrected chi connectivity index (χ4v) is 2.82. The Hall–Kier alpha value is -2.39. The number of methoxy groups -OCH3 is 1. The number of hydrogen-bond acceptors (Lipinski definition) is 5. The molecule has 0 spiro atoms. The van der Waals surface area contributed by atoms with Gasteiger partial charge < -0.3 is 9.64 Å². The van der Waals surface area contributed by atoms with Crippen LogP contribution in [0.5, 0.6) is 0 Å². The number of rotatable bonds is 4. The van der Waals surface area contributed by atoms with Crippen molar-refractivity contribution in [3.05, 3.63) is 35.7 Å². The van der Waals surface area contributed by atoms with Crippen LogP contribution in [0.3, 0.4) is 0 Å². The fourth-order valence-electron chi connectivity index (χ4n) is 2.82. The zero-order valence-corrected chi connectivity index (χ0v) is 12.7. The second-order valence-electron chi connectivity index (χ2n) is 5.41. The molecule has 1 aromatic heterocycles. The van der Waals surface area contributed by atoms with Crippen molar-refractivity contribution in [2.24, 2.45) is 0 Å². The third-order valence-corrected chi connectivity index (χ3v) is 3.97. The van der Waals surface area contributed by atoms with Gasteiger partial charge in [0.1, 0.15) is 11.8 Å². The Bertz CT molecular complexity index is 665. The summed E-state index contributed by atoms with van der Waals surface area (Å²) in [5.41, 5.74) is 3.11. The first-order chi connectivity index (χ1) is 10.8. The second-order valence-corrected chi connectivity index (χ2v) is 5.41. The van der Waals surface area contributed by atoms with E-state index in [1.54, 1.807) is 11.8 Å². The minimum absolute atomic E-state index is 0.307. The molecule has 0 atom stereocenters. The summed E-state index contributed by atoms with van der Waals surface area (Å²) in [6, 6.07) is 10.3. The van der Waals surface area contributed by atoms with Crippen LogP contribution in [0.4, 0.5) is 5.69 Å². The van der Waals surface area contributed by atoms with Crippen molar-refractivity contribution in [2.75, 3.05) is 25.1 Å². The van der Waals surface area contributed by atoms with Gasteiger partial charge in [0.15, 0.2) is 5.69 Å². The van der Waals surface area contributed by atoms with Crippen LogP contribution in [-0.2, 0) is 11.3 Å². The molecule has 22 heavy (non-hydrogen) atoms. The Kier molecular flexibility index (Phi) is 4.35. The number of benzene rings is 1. The van der Waals surface area contributed by atoms with Gasteiger partial charge in [-0.05, 0) is 43.5 Å². The molecule has 0 unspecified atom stereocenters. The number of aromatic nitrogens is 3. The molecule has 1 aliphatic rings. The van der Waals surface area contributed by atoms with E-state index in [1.807, 2.05) is 12.1 Å². The molecule has 1 aliphatic heterocycles. The molecule has 6 heteroatoms. The van der Waals surface area contributed by atoms with Gasteiger partial charge in [-0.25, -0.2) is 4.68 Å². The van der Waals surface area contributed by atoms with Gasteiger partial charge in [-0.2, -0.15) is 5.26 Å². The average Bonchev–Trinajstić information content (AvgIpc) is 2.99. The monoisotopic (exact) mass is 297 g/mol. The summed E-state index contributed by atoms with van der Waals surface area (Å²) in [6.45, 7) is 2.55. The highest BCUT2D eigenvalue weighted by Gasteiger charge is 2.15. The Morgan fingerprint density at radius 2 is 1.82 bits per heavy atom. The van der Waals surface area contributed by atoms with Crippen molar-refractivity contribution in [3.8, 4) is 11.8 Å². The van der Waals surface area contributed by atoms with E-state index in [0.717, 1.165) is 18.8 Å². The zero-order valence-electron chi connectivity index (χ0n) is 12.7. The Balaban J connectivity index is 1.86. The third kappa shape index (κ3) is 2.81. The molecule has 1 fully saturated rings. The van der Waals surface area contributed by atoms with Gasteiger partial charge in [0.2, 0.25) is 0 Å². The SMILES string of the molecule is COCc1c(C#N)nnn1-c1ccc(N2CCCCC2)cc1. The van der Waals surface area contributed by atoms with E-state index in [0.29, 0.717) is 18.0 Å². The lowest BCUT2D eigenvalue weighted by molar-refractivity contribution is 0.179. The molecule has 0 amide bonds.